The molecule has 1 aliphatic heterocycles. The summed E-state index contributed by atoms with van der Waals surface area (Å²) in [5, 5.41) is 14.5. The summed E-state index contributed by atoms with van der Waals surface area (Å²) in [5.41, 5.74) is 1.98. The van der Waals surface area contributed by atoms with Crippen molar-refractivity contribution in [2.75, 3.05) is 33.4 Å². The highest BCUT2D eigenvalue weighted by Gasteiger charge is 2.25. The van der Waals surface area contributed by atoms with Gasteiger partial charge in [0.25, 0.3) is 0 Å². The van der Waals surface area contributed by atoms with Gasteiger partial charge in [-0.25, -0.2) is 0 Å². The van der Waals surface area contributed by atoms with Crippen LogP contribution in [0.4, 0.5) is 0 Å². The van der Waals surface area contributed by atoms with Crippen LogP contribution in [0.25, 0.3) is 0 Å². The van der Waals surface area contributed by atoms with Crippen molar-refractivity contribution < 1.29 is 23.8 Å². The Morgan fingerprint density at radius 2 is 2.11 bits per heavy atom. The number of benzene rings is 1. The summed E-state index contributed by atoms with van der Waals surface area (Å²) in [6.07, 6.45) is 1.76. The zero-order valence-electron chi connectivity index (χ0n) is 16.4. The van der Waals surface area contributed by atoms with Gasteiger partial charge in [0, 0.05) is 19.5 Å². The smallest absolute Gasteiger partial charge is 0.145 e. The normalized spacial score (nSPS) is 17.4. The molecule has 7 nitrogen and oxygen atoms in total. The Morgan fingerprint density at radius 3 is 2.79 bits per heavy atom. The molecule has 3 rings (SSSR count). The van der Waals surface area contributed by atoms with Crippen LogP contribution in [0, 0.1) is 0 Å². The molecule has 0 fully saturated rings. The summed E-state index contributed by atoms with van der Waals surface area (Å²) < 4.78 is 15.9. The molecule has 0 spiro atoms. The summed E-state index contributed by atoms with van der Waals surface area (Å²) in [6.45, 7) is 4.72. The number of oxime groups is 1. The first-order valence-electron chi connectivity index (χ1n) is 9.55. The average molecular weight is 388 g/mol. The Bertz CT molecular complexity index is 730. The number of aliphatic hydroxyl groups excluding tert-OH is 1. The Morgan fingerprint density at radius 1 is 1.29 bits per heavy atom. The molecule has 7 heteroatoms. The van der Waals surface area contributed by atoms with E-state index < -0.39 is 6.10 Å². The van der Waals surface area contributed by atoms with Gasteiger partial charge in [0.2, 0.25) is 0 Å². The van der Waals surface area contributed by atoms with Crippen LogP contribution in [0.3, 0.4) is 0 Å². The van der Waals surface area contributed by atoms with E-state index in [0.29, 0.717) is 19.7 Å². The Balaban J connectivity index is 1.40. The molecule has 0 saturated heterocycles. The number of hydrogen-bond acceptors (Lipinski definition) is 7. The first kappa shape index (κ1) is 20.4. The Hall–Kier alpha value is -2.35. The molecule has 2 atom stereocenters. The van der Waals surface area contributed by atoms with Gasteiger partial charge in [-0.05, 0) is 48.5 Å². The fourth-order valence-corrected chi connectivity index (χ4v) is 3.14. The number of likely N-dealkylation sites (N-methyl/N-ethyl adjacent to an activating group) is 1. The number of aliphatic hydroxyl groups is 1. The summed E-state index contributed by atoms with van der Waals surface area (Å²) >= 11 is 0. The third-order valence-corrected chi connectivity index (χ3v) is 4.67. The number of ether oxygens (including phenoxy) is 2. The molecule has 2 heterocycles. The molecule has 2 unspecified atom stereocenters. The van der Waals surface area contributed by atoms with Crippen molar-refractivity contribution in [3.05, 3.63) is 54.0 Å². The predicted octanol–water partition coefficient (Wildman–Crippen LogP) is 2.68. The number of rotatable bonds is 11. The number of nitrogens with zero attached hydrogens (tertiary/aromatic N) is 2. The molecule has 0 radical (unpaired) electrons. The topological polar surface area (TPSA) is 76.7 Å². The Kier molecular flexibility index (Phi) is 7.47. The van der Waals surface area contributed by atoms with Gasteiger partial charge in [-0.1, -0.05) is 12.1 Å². The van der Waals surface area contributed by atoms with Crippen LogP contribution in [-0.4, -0.2) is 61.3 Å². The van der Waals surface area contributed by atoms with Crippen molar-refractivity contribution in [1.82, 2.24) is 4.90 Å². The van der Waals surface area contributed by atoms with Gasteiger partial charge in [0.15, 0.2) is 0 Å². The Labute approximate surface area is 165 Å². The van der Waals surface area contributed by atoms with Gasteiger partial charge in [0.05, 0.1) is 31.8 Å². The number of methoxy groups -OCH3 is 1. The maximum atomic E-state index is 10.3. The molecule has 2 aromatic rings. The summed E-state index contributed by atoms with van der Waals surface area (Å²) in [5.74, 6) is 1.57. The van der Waals surface area contributed by atoms with Gasteiger partial charge in [0.1, 0.15) is 24.2 Å². The SMILES string of the molecule is CCN(CC(O)COCc1ccco1)CC1CC(c2ccc(OC)cc2)=NO1. The largest absolute Gasteiger partial charge is 0.497 e. The lowest BCUT2D eigenvalue weighted by atomic mass is 10.0. The fraction of sp³-hybridized carbons (Fsp3) is 0.476. The van der Waals surface area contributed by atoms with Crippen LogP contribution < -0.4 is 4.74 Å². The summed E-state index contributed by atoms with van der Waals surface area (Å²) in [7, 11) is 1.65. The minimum atomic E-state index is -0.571. The van der Waals surface area contributed by atoms with E-state index in [4.69, 9.17) is 18.7 Å². The van der Waals surface area contributed by atoms with Crippen LogP contribution >= 0.6 is 0 Å². The van der Waals surface area contributed by atoms with Gasteiger partial charge in [-0.3, -0.25) is 4.90 Å². The van der Waals surface area contributed by atoms with E-state index in [2.05, 4.69) is 17.0 Å². The molecule has 152 valence electrons. The van der Waals surface area contributed by atoms with Gasteiger partial charge in [-0.15, -0.1) is 0 Å². The third-order valence-electron chi connectivity index (χ3n) is 4.67. The first-order valence-corrected chi connectivity index (χ1v) is 9.55. The highest BCUT2D eigenvalue weighted by atomic mass is 16.6. The molecule has 28 heavy (non-hydrogen) atoms. The van der Waals surface area contributed by atoms with Gasteiger partial charge in [-0.2, -0.15) is 0 Å². The second-order valence-electron chi connectivity index (χ2n) is 6.80. The third kappa shape index (κ3) is 5.82. The molecule has 1 aromatic heterocycles. The molecular weight excluding hydrogens is 360 g/mol. The lowest BCUT2D eigenvalue weighted by molar-refractivity contribution is -0.00653. The maximum absolute atomic E-state index is 10.3. The number of hydrogen-bond donors (Lipinski definition) is 1. The van der Waals surface area contributed by atoms with E-state index in [1.54, 1.807) is 13.4 Å². The quantitative estimate of drug-likeness (QED) is 0.638. The minimum absolute atomic E-state index is 0.0201. The van der Waals surface area contributed by atoms with Crippen molar-refractivity contribution >= 4 is 5.71 Å². The van der Waals surface area contributed by atoms with E-state index in [1.165, 1.54) is 0 Å². The lowest BCUT2D eigenvalue weighted by Gasteiger charge is -2.25. The van der Waals surface area contributed by atoms with Gasteiger partial charge >= 0.3 is 0 Å². The van der Waals surface area contributed by atoms with Crippen LogP contribution in [0.1, 0.15) is 24.7 Å². The average Bonchev–Trinajstić information content (AvgIpc) is 3.40. The van der Waals surface area contributed by atoms with Crippen molar-refractivity contribution in [2.24, 2.45) is 5.16 Å². The molecule has 0 amide bonds. The zero-order valence-corrected chi connectivity index (χ0v) is 16.4. The lowest BCUT2D eigenvalue weighted by Crippen LogP contribution is -2.39. The van der Waals surface area contributed by atoms with E-state index >= 15 is 0 Å². The standard InChI is InChI=1S/C21H28N2O5/c1-3-23(12-17(24)14-26-15-19-5-4-10-27-19)13-20-11-21(22-28-20)16-6-8-18(25-2)9-7-16/h4-10,17,20,24H,3,11-15H2,1-2H3. The highest BCUT2D eigenvalue weighted by Crippen LogP contribution is 2.20. The molecule has 1 N–H and O–H groups in total. The minimum Gasteiger partial charge on any atom is -0.497 e. The maximum Gasteiger partial charge on any atom is 0.145 e. The summed E-state index contributed by atoms with van der Waals surface area (Å²) in [6, 6.07) is 11.5. The molecular formula is C21H28N2O5. The van der Waals surface area contributed by atoms with Crippen molar-refractivity contribution in [3.63, 3.8) is 0 Å². The molecule has 0 aliphatic carbocycles. The van der Waals surface area contributed by atoms with Gasteiger partial charge < -0.3 is 23.8 Å². The van der Waals surface area contributed by atoms with E-state index in [-0.39, 0.29) is 12.7 Å². The van der Waals surface area contributed by atoms with Crippen molar-refractivity contribution in [1.29, 1.82) is 0 Å². The van der Waals surface area contributed by atoms with E-state index in [1.807, 2.05) is 36.4 Å². The molecule has 1 aromatic carbocycles. The fourth-order valence-electron chi connectivity index (χ4n) is 3.14. The van der Waals surface area contributed by atoms with Crippen LogP contribution in [0.15, 0.2) is 52.2 Å². The molecule has 0 bridgehead atoms. The summed E-state index contributed by atoms with van der Waals surface area (Å²) in [4.78, 5) is 7.76. The first-order chi connectivity index (χ1) is 13.7. The molecule has 1 aliphatic rings. The monoisotopic (exact) mass is 388 g/mol. The van der Waals surface area contributed by atoms with Crippen LogP contribution in [-0.2, 0) is 16.2 Å². The zero-order chi connectivity index (χ0) is 19.8. The van der Waals surface area contributed by atoms with Crippen LogP contribution in [0.5, 0.6) is 5.75 Å². The second kappa shape index (κ2) is 10.3. The van der Waals surface area contributed by atoms with Crippen molar-refractivity contribution in [3.8, 4) is 5.75 Å². The second-order valence-corrected chi connectivity index (χ2v) is 6.80. The van der Waals surface area contributed by atoms with Crippen LogP contribution in [0.2, 0.25) is 0 Å². The predicted molar refractivity (Wildman–Crippen MR) is 106 cm³/mol. The number of furan rings is 1. The molecule has 0 saturated carbocycles. The van der Waals surface area contributed by atoms with E-state index in [9.17, 15) is 5.11 Å². The highest BCUT2D eigenvalue weighted by molar-refractivity contribution is 6.01. The van der Waals surface area contributed by atoms with Crippen molar-refractivity contribution in [2.45, 2.75) is 32.2 Å². The van der Waals surface area contributed by atoms with E-state index in [0.717, 1.165) is 35.8 Å².